The number of nitrogens with zero attached hydrogens (tertiary/aromatic N) is 1. The average Bonchev–Trinajstić information content (AvgIpc) is 2.96. The molecule has 0 fully saturated rings. The second-order valence-electron chi connectivity index (χ2n) is 7.11. The molecule has 1 aromatic heterocycles. The smallest absolute Gasteiger partial charge is 0.338 e. The van der Waals surface area contributed by atoms with Crippen molar-refractivity contribution in [1.29, 1.82) is 0 Å². The first-order valence-electron chi connectivity index (χ1n) is 9.05. The molecule has 0 saturated carbocycles. The Balaban J connectivity index is 2.24. The van der Waals surface area contributed by atoms with Crippen LogP contribution in [0.25, 0.3) is 10.1 Å². The van der Waals surface area contributed by atoms with E-state index >= 15 is 0 Å². The van der Waals surface area contributed by atoms with Gasteiger partial charge in [0.1, 0.15) is 5.00 Å². The van der Waals surface area contributed by atoms with Crippen LogP contribution < -0.4 is 4.31 Å². The molecule has 2 aromatic carbocycles. The molecule has 1 atom stereocenters. The zero-order valence-electron chi connectivity index (χ0n) is 17.1. The van der Waals surface area contributed by atoms with Crippen LogP contribution in [0.2, 0.25) is 5.02 Å². The summed E-state index contributed by atoms with van der Waals surface area (Å²) in [6, 6.07) is 9.11. The number of sulfone groups is 1. The second-order valence-corrected chi connectivity index (χ2v) is 11.4. The van der Waals surface area contributed by atoms with Gasteiger partial charge in [0.25, 0.3) is 11.3 Å². The number of rotatable bonds is 6. The van der Waals surface area contributed by atoms with Crippen LogP contribution in [0, 0.1) is 6.92 Å². The minimum atomic E-state index is -3.87. The van der Waals surface area contributed by atoms with E-state index < -0.39 is 27.1 Å². The monoisotopic (exact) mass is 501 g/mol. The van der Waals surface area contributed by atoms with E-state index in [1.165, 1.54) is 23.5 Å². The molecule has 0 radical (unpaired) electrons. The molecular weight excluding hydrogens is 482 g/mol. The fourth-order valence-electron chi connectivity index (χ4n) is 3.03. The standard InChI is InChI=1S/C20H20ClNO6S3/c1-11(2)28-20(23)13-5-7-16(18(9-13)31(4,26)27)22(30(24)25)19-12(3)15-10-14(21)6-8-17(15)29-19/h5-11H,1-4H3,(H,24,25). The van der Waals surface area contributed by atoms with Gasteiger partial charge in [-0.25, -0.2) is 21.7 Å². The van der Waals surface area contributed by atoms with Crippen molar-refractivity contribution in [2.75, 3.05) is 10.6 Å². The molecule has 1 heterocycles. The Morgan fingerprint density at radius 1 is 1.23 bits per heavy atom. The number of carbonyl (C=O) groups excluding carboxylic acids is 1. The van der Waals surface area contributed by atoms with Crippen LogP contribution in [-0.2, 0) is 25.8 Å². The molecule has 0 aliphatic rings. The molecule has 3 rings (SSSR count). The van der Waals surface area contributed by atoms with E-state index in [4.69, 9.17) is 16.3 Å². The van der Waals surface area contributed by atoms with Gasteiger partial charge in [-0.15, -0.1) is 11.3 Å². The van der Waals surface area contributed by atoms with Crippen LogP contribution >= 0.6 is 22.9 Å². The number of ether oxygens (including phenoxy) is 1. The largest absolute Gasteiger partial charge is 0.459 e. The number of hydrogen-bond donors (Lipinski definition) is 1. The Morgan fingerprint density at radius 2 is 1.90 bits per heavy atom. The van der Waals surface area contributed by atoms with E-state index in [1.807, 2.05) is 0 Å². The Bertz CT molecular complexity index is 1300. The third-order valence-electron chi connectivity index (χ3n) is 4.37. The van der Waals surface area contributed by atoms with Crippen molar-refractivity contribution in [2.24, 2.45) is 0 Å². The van der Waals surface area contributed by atoms with Crippen LogP contribution in [0.5, 0.6) is 0 Å². The zero-order chi connectivity index (χ0) is 23.1. The first kappa shape index (κ1) is 23.7. The van der Waals surface area contributed by atoms with Gasteiger partial charge >= 0.3 is 5.97 Å². The number of fused-ring (bicyclic) bond motifs is 1. The van der Waals surface area contributed by atoms with E-state index in [2.05, 4.69) is 0 Å². The molecule has 1 N–H and O–H groups in total. The number of anilines is 2. The van der Waals surface area contributed by atoms with Crippen molar-refractivity contribution in [1.82, 2.24) is 0 Å². The molecule has 11 heteroatoms. The summed E-state index contributed by atoms with van der Waals surface area (Å²) < 4.78 is 54.5. The van der Waals surface area contributed by atoms with E-state index in [-0.39, 0.29) is 22.3 Å². The highest BCUT2D eigenvalue weighted by Gasteiger charge is 2.28. The van der Waals surface area contributed by atoms with Crippen LogP contribution in [0.1, 0.15) is 29.8 Å². The highest BCUT2D eigenvalue weighted by molar-refractivity contribution is 7.91. The lowest BCUT2D eigenvalue weighted by Crippen LogP contribution is -2.22. The van der Waals surface area contributed by atoms with E-state index in [9.17, 15) is 22.0 Å². The molecule has 0 amide bonds. The summed E-state index contributed by atoms with van der Waals surface area (Å²) in [5, 5.41) is 1.70. The molecule has 166 valence electrons. The summed E-state index contributed by atoms with van der Waals surface area (Å²) in [4.78, 5) is 12.0. The van der Waals surface area contributed by atoms with Gasteiger partial charge in [0.05, 0.1) is 22.3 Å². The van der Waals surface area contributed by atoms with E-state index in [0.29, 0.717) is 15.6 Å². The fraction of sp³-hybridized carbons (Fsp3) is 0.250. The quantitative estimate of drug-likeness (QED) is 0.372. The first-order valence-corrected chi connectivity index (χ1v) is 13.2. The number of thiophene rings is 1. The fourth-order valence-corrected chi connectivity index (χ4v) is 6.16. The predicted molar refractivity (Wildman–Crippen MR) is 125 cm³/mol. The van der Waals surface area contributed by atoms with Gasteiger partial charge < -0.3 is 4.74 Å². The number of benzene rings is 2. The molecule has 7 nitrogen and oxygen atoms in total. The van der Waals surface area contributed by atoms with Crippen molar-refractivity contribution in [3.63, 3.8) is 0 Å². The van der Waals surface area contributed by atoms with Gasteiger partial charge in [0.15, 0.2) is 9.84 Å². The van der Waals surface area contributed by atoms with Gasteiger partial charge in [-0.05, 0) is 68.1 Å². The van der Waals surface area contributed by atoms with E-state index in [1.54, 1.807) is 39.0 Å². The lowest BCUT2D eigenvalue weighted by atomic mass is 10.1. The van der Waals surface area contributed by atoms with Crippen molar-refractivity contribution >= 4 is 70.8 Å². The lowest BCUT2D eigenvalue weighted by molar-refractivity contribution is 0.0377. The van der Waals surface area contributed by atoms with Gasteiger partial charge in [-0.3, -0.25) is 4.55 Å². The Labute approximate surface area is 191 Å². The van der Waals surface area contributed by atoms with Gasteiger partial charge in [-0.2, -0.15) is 0 Å². The lowest BCUT2D eigenvalue weighted by Gasteiger charge is -2.22. The van der Waals surface area contributed by atoms with Crippen LogP contribution in [0.15, 0.2) is 41.3 Å². The first-order chi connectivity index (χ1) is 14.4. The van der Waals surface area contributed by atoms with Gasteiger partial charge in [0.2, 0.25) is 0 Å². The number of esters is 1. The summed E-state index contributed by atoms with van der Waals surface area (Å²) in [6.45, 7) is 5.12. The normalized spacial score (nSPS) is 12.9. The minimum absolute atomic E-state index is 0.0230. The molecule has 0 bridgehead atoms. The summed E-state index contributed by atoms with van der Waals surface area (Å²) >= 11 is 4.73. The predicted octanol–water partition coefficient (Wildman–Crippen LogP) is 5.11. The van der Waals surface area contributed by atoms with Crippen molar-refractivity contribution in [3.8, 4) is 0 Å². The third-order valence-corrected chi connectivity index (χ3v) is 7.80. The average molecular weight is 502 g/mol. The topological polar surface area (TPSA) is 101 Å². The summed E-state index contributed by atoms with van der Waals surface area (Å²) in [7, 11) is -3.87. The second kappa shape index (κ2) is 8.87. The molecular formula is C20H20ClNO6S3. The summed E-state index contributed by atoms with van der Waals surface area (Å²) in [5.41, 5.74) is 0.680. The molecule has 0 spiro atoms. The molecule has 0 saturated heterocycles. The van der Waals surface area contributed by atoms with Crippen molar-refractivity contribution in [2.45, 2.75) is 31.8 Å². The number of halogens is 1. The van der Waals surface area contributed by atoms with Crippen LogP contribution in [0.3, 0.4) is 0 Å². The molecule has 3 aromatic rings. The molecule has 0 aliphatic carbocycles. The highest BCUT2D eigenvalue weighted by atomic mass is 35.5. The maximum Gasteiger partial charge on any atom is 0.338 e. The molecule has 1 unspecified atom stereocenters. The maximum atomic E-state index is 12.5. The molecule has 31 heavy (non-hydrogen) atoms. The minimum Gasteiger partial charge on any atom is -0.459 e. The zero-order valence-corrected chi connectivity index (χ0v) is 20.3. The number of aryl methyl sites for hydroxylation is 1. The number of carbonyl (C=O) groups is 1. The van der Waals surface area contributed by atoms with Crippen molar-refractivity contribution in [3.05, 3.63) is 52.5 Å². The summed E-state index contributed by atoms with van der Waals surface area (Å²) in [6.07, 6.45) is 0.586. The molecule has 0 aliphatic heterocycles. The highest BCUT2D eigenvalue weighted by Crippen LogP contribution is 2.44. The van der Waals surface area contributed by atoms with Crippen LogP contribution in [-0.4, -0.2) is 35.5 Å². The van der Waals surface area contributed by atoms with Crippen LogP contribution in [0.4, 0.5) is 10.7 Å². The Hall–Kier alpha value is -1.98. The Kier molecular flexibility index (Phi) is 6.78. The van der Waals surface area contributed by atoms with Crippen molar-refractivity contribution < 1.29 is 26.7 Å². The van der Waals surface area contributed by atoms with E-state index in [0.717, 1.165) is 26.7 Å². The maximum absolute atomic E-state index is 12.5. The van der Waals surface area contributed by atoms with Gasteiger partial charge in [0, 0.05) is 16.0 Å². The SMILES string of the molecule is Cc1c(N(c2ccc(C(=O)OC(C)C)cc2S(C)(=O)=O)S(=O)O)sc2ccc(Cl)cc12. The summed E-state index contributed by atoms with van der Waals surface area (Å²) in [5.74, 6) is -0.684. The van der Waals surface area contributed by atoms with Gasteiger partial charge in [-0.1, -0.05) is 11.6 Å². The number of hydrogen-bond acceptors (Lipinski definition) is 6. The Morgan fingerprint density at radius 3 is 2.48 bits per heavy atom. The third kappa shape index (κ3) is 4.93.